The fourth-order valence-electron chi connectivity index (χ4n) is 8.81. The Hall–Kier alpha value is -4.97. The number of ether oxygens (including phenoxy) is 3. The highest BCUT2D eigenvalue weighted by molar-refractivity contribution is 5.71. The molecule has 0 amide bonds. The largest absolute Gasteiger partial charge is 0.462 e. The molecule has 0 fully saturated rings. The highest BCUT2D eigenvalue weighted by Crippen LogP contribution is 2.15. The number of carbonyl (C=O) groups excluding carboxylic acids is 3. The highest BCUT2D eigenvalue weighted by Gasteiger charge is 2.19. The van der Waals surface area contributed by atoms with Crippen LogP contribution in [0.1, 0.15) is 284 Å². The SMILES string of the molecule is CC/C=C\C/C=C\C/C=C\C/C=C\C/C=C\C/C=C\C/C=C\CCCC(=O)OCC(COC(=O)CCCCCCCCC/C=C\C/C=C\CCCCCC)OC(=O)CCCCCCCCCCCC/C=C\C/C=C\C/C=C\C/C=C\CC. The molecule has 0 aliphatic heterocycles. The molecule has 0 rings (SSSR count). The van der Waals surface area contributed by atoms with Gasteiger partial charge < -0.3 is 14.2 Å². The van der Waals surface area contributed by atoms with Gasteiger partial charge in [0.1, 0.15) is 13.2 Å². The summed E-state index contributed by atoms with van der Waals surface area (Å²) in [5, 5.41) is 0. The van der Waals surface area contributed by atoms with Crippen molar-refractivity contribution < 1.29 is 28.6 Å². The summed E-state index contributed by atoms with van der Waals surface area (Å²) < 4.78 is 16.9. The van der Waals surface area contributed by atoms with Gasteiger partial charge in [-0.1, -0.05) is 281 Å². The first-order valence-electron chi connectivity index (χ1n) is 33.5. The first-order chi connectivity index (χ1) is 40.5. The second-order valence-electron chi connectivity index (χ2n) is 21.6. The third kappa shape index (κ3) is 65.8. The molecule has 0 saturated heterocycles. The number of unbranched alkanes of at least 4 members (excludes halogenated alkanes) is 22. The molecule has 0 aromatic carbocycles. The van der Waals surface area contributed by atoms with Crippen molar-refractivity contribution in [1.29, 1.82) is 0 Å². The Morgan fingerprint density at radius 2 is 0.488 bits per heavy atom. The zero-order chi connectivity index (χ0) is 59.2. The topological polar surface area (TPSA) is 78.9 Å². The summed E-state index contributed by atoms with van der Waals surface area (Å²) in [6.07, 6.45) is 99.6. The molecule has 0 aliphatic carbocycles. The van der Waals surface area contributed by atoms with Crippen molar-refractivity contribution in [3.63, 3.8) is 0 Å². The molecule has 0 N–H and O–H groups in total. The smallest absolute Gasteiger partial charge is 0.306 e. The third-order valence-electron chi connectivity index (χ3n) is 13.7. The van der Waals surface area contributed by atoms with Gasteiger partial charge in [0.15, 0.2) is 6.10 Å². The van der Waals surface area contributed by atoms with Crippen LogP contribution in [0.5, 0.6) is 0 Å². The highest BCUT2D eigenvalue weighted by atomic mass is 16.6. The molecule has 1 unspecified atom stereocenters. The van der Waals surface area contributed by atoms with Gasteiger partial charge in [0.2, 0.25) is 0 Å². The van der Waals surface area contributed by atoms with Crippen molar-refractivity contribution in [3.05, 3.63) is 158 Å². The molecule has 462 valence electrons. The lowest BCUT2D eigenvalue weighted by atomic mass is 10.0. The molecule has 0 bridgehead atoms. The van der Waals surface area contributed by atoms with E-state index in [1.165, 1.54) is 109 Å². The van der Waals surface area contributed by atoms with Crippen LogP contribution in [-0.4, -0.2) is 37.2 Å². The summed E-state index contributed by atoms with van der Waals surface area (Å²) >= 11 is 0. The lowest BCUT2D eigenvalue weighted by molar-refractivity contribution is -0.167. The molecular formula is C76H122O6. The van der Waals surface area contributed by atoms with E-state index in [9.17, 15) is 14.4 Å². The Morgan fingerprint density at radius 3 is 0.793 bits per heavy atom. The normalized spacial score (nSPS) is 13.2. The minimum absolute atomic E-state index is 0.108. The molecule has 6 heteroatoms. The van der Waals surface area contributed by atoms with Crippen LogP contribution in [0.25, 0.3) is 0 Å². The molecule has 0 aromatic rings. The number of allylic oxidation sites excluding steroid dienone is 26. The molecule has 0 heterocycles. The quantitative estimate of drug-likeness (QED) is 0.0261. The Balaban J connectivity index is 4.52. The minimum Gasteiger partial charge on any atom is -0.462 e. The van der Waals surface area contributed by atoms with Crippen LogP contribution in [0.3, 0.4) is 0 Å². The van der Waals surface area contributed by atoms with E-state index >= 15 is 0 Å². The molecule has 0 aliphatic rings. The Morgan fingerprint density at radius 1 is 0.256 bits per heavy atom. The Kier molecular flexibility index (Phi) is 64.4. The van der Waals surface area contributed by atoms with Crippen molar-refractivity contribution in [2.75, 3.05) is 13.2 Å². The van der Waals surface area contributed by atoms with E-state index < -0.39 is 6.10 Å². The van der Waals surface area contributed by atoms with Crippen molar-refractivity contribution in [1.82, 2.24) is 0 Å². The van der Waals surface area contributed by atoms with E-state index in [1.807, 2.05) is 0 Å². The van der Waals surface area contributed by atoms with E-state index in [2.05, 4.69) is 179 Å². The molecule has 6 nitrogen and oxygen atoms in total. The first kappa shape index (κ1) is 77.0. The predicted octanol–water partition coefficient (Wildman–Crippen LogP) is 23.3. The summed E-state index contributed by atoms with van der Waals surface area (Å²) in [5.41, 5.74) is 0. The van der Waals surface area contributed by atoms with Gasteiger partial charge in [-0.2, -0.15) is 0 Å². The summed E-state index contributed by atoms with van der Waals surface area (Å²) in [6.45, 7) is 6.35. The molecule has 82 heavy (non-hydrogen) atoms. The van der Waals surface area contributed by atoms with Crippen molar-refractivity contribution in [2.24, 2.45) is 0 Å². The van der Waals surface area contributed by atoms with E-state index in [0.717, 1.165) is 128 Å². The zero-order valence-electron chi connectivity index (χ0n) is 52.9. The second-order valence-corrected chi connectivity index (χ2v) is 21.6. The molecule has 0 saturated carbocycles. The number of carbonyl (C=O) groups is 3. The van der Waals surface area contributed by atoms with Gasteiger partial charge in [-0.25, -0.2) is 0 Å². The van der Waals surface area contributed by atoms with Crippen molar-refractivity contribution >= 4 is 17.9 Å². The number of hydrogen-bond acceptors (Lipinski definition) is 6. The molecule has 1 atom stereocenters. The third-order valence-corrected chi connectivity index (χ3v) is 13.7. The van der Waals surface area contributed by atoms with E-state index in [0.29, 0.717) is 19.3 Å². The van der Waals surface area contributed by atoms with Gasteiger partial charge in [-0.3, -0.25) is 14.4 Å². The maximum absolute atomic E-state index is 13.0. The lowest BCUT2D eigenvalue weighted by Crippen LogP contribution is -2.30. The van der Waals surface area contributed by atoms with Crippen LogP contribution in [0, 0.1) is 0 Å². The number of esters is 3. The van der Waals surface area contributed by atoms with Gasteiger partial charge in [-0.05, 0) is 141 Å². The van der Waals surface area contributed by atoms with Crippen molar-refractivity contribution in [3.8, 4) is 0 Å². The molecule has 0 spiro atoms. The standard InChI is InChI=1S/C76H122O6/c1-4-7-10-13-16-19-22-25-28-31-34-36-38-40-42-45-48-51-54-57-60-63-66-69-75(78)81-72-73(71-80-74(77)68-65-62-59-56-53-50-47-44-33-30-27-24-21-18-15-12-9-6-3)82-76(79)70-67-64-61-58-55-52-49-46-43-41-39-37-35-32-29-26-23-20-17-14-11-8-5-2/h7-8,10-11,16-17,19-21,24-26,28-30,33-37,40,42,48,51,57,60,73H,4-6,9,12-15,18,22-23,27,31-32,38-39,41,43-47,49-50,52-56,58-59,61-72H2,1-3H3/b10-7-,11-8-,19-16-,20-17-,24-21-,28-25-,29-26-,33-30-,36-34-,37-35-,42-40-,51-48-,60-57-. The van der Waals surface area contributed by atoms with E-state index in [-0.39, 0.29) is 37.5 Å². The Labute approximate surface area is 505 Å². The summed E-state index contributed by atoms with van der Waals surface area (Å²) in [6, 6.07) is 0. The Bertz CT molecular complexity index is 1830. The monoisotopic (exact) mass is 1130 g/mol. The second kappa shape index (κ2) is 68.5. The maximum Gasteiger partial charge on any atom is 0.306 e. The molecule has 0 aromatic heterocycles. The van der Waals surface area contributed by atoms with Crippen LogP contribution in [-0.2, 0) is 28.6 Å². The number of rotatable bonds is 59. The lowest BCUT2D eigenvalue weighted by Gasteiger charge is -2.18. The molecule has 0 radical (unpaired) electrons. The van der Waals surface area contributed by atoms with Gasteiger partial charge >= 0.3 is 17.9 Å². The van der Waals surface area contributed by atoms with Gasteiger partial charge in [0.25, 0.3) is 0 Å². The predicted molar refractivity (Wildman–Crippen MR) is 357 cm³/mol. The van der Waals surface area contributed by atoms with Crippen LogP contribution in [0.4, 0.5) is 0 Å². The average molecular weight is 1130 g/mol. The van der Waals surface area contributed by atoms with Gasteiger partial charge in [0.05, 0.1) is 0 Å². The average Bonchev–Trinajstić information content (AvgIpc) is 3.47. The van der Waals surface area contributed by atoms with Gasteiger partial charge in [-0.15, -0.1) is 0 Å². The summed E-state index contributed by atoms with van der Waals surface area (Å²) in [4.78, 5) is 38.4. The maximum atomic E-state index is 13.0. The van der Waals surface area contributed by atoms with Crippen LogP contribution in [0.2, 0.25) is 0 Å². The van der Waals surface area contributed by atoms with Crippen LogP contribution >= 0.6 is 0 Å². The van der Waals surface area contributed by atoms with Crippen LogP contribution < -0.4 is 0 Å². The fraction of sp³-hybridized carbons (Fsp3) is 0.618. The van der Waals surface area contributed by atoms with Gasteiger partial charge in [0, 0.05) is 19.3 Å². The fourth-order valence-corrected chi connectivity index (χ4v) is 8.81. The van der Waals surface area contributed by atoms with E-state index in [1.54, 1.807) is 0 Å². The molecular weight excluding hydrogens is 1010 g/mol. The van der Waals surface area contributed by atoms with E-state index in [4.69, 9.17) is 14.2 Å². The summed E-state index contributed by atoms with van der Waals surface area (Å²) in [5.74, 6) is -0.980. The van der Waals surface area contributed by atoms with Crippen LogP contribution in [0.15, 0.2) is 158 Å². The minimum atomic E-state index is -0.817. The zero-order valence-corrected chi connectivity index (χ0v) is 52.9. The summed E-state index contributed by atoms with van der Waals surface area (Å²) in [7, 11) is 0. The van der Waals surface area contributed by atoms with Crippen molar-refractivity contribution in [2.45, 2.75) is 290 Å². The number of hydrogen-bond donors (Lipinski definition) is 0. The first-order valence-corrected chi connectivity index (χ1v) is 33.5.